The van der Waals surface area contributed by atoms with E-state index in [-0.39, 0.29) is 17.2 Å². The van der Waals surface area contributed by atoms with Crippen LogP contribution < -0.4 is 5.32 Å². The SMILES string of the molecule is CC(C)C[C@@](C)(CCc1cccc(F)c1)NC(=O)c1cnc2c(F)cccc2c1. The van der Waals surface area contributed by atoms with Gasteiger partial charge in [0, 0.05) is 17.1 Å². The second-order valence-corrected chi connectivity index (χ2v) is 8.28. The zero-order chi connectivity index (χ0) is 21.0. The zero-order valence-electron chi connectivity index (χ0n) is 17.0. The molecule has 3 aromatic rings. The van der Waals surface area contributed by atoms with Gasteiger partial charge >= 0.3 is 0 Å². The monoisotopic (exact) mass is 396 g/mol. The van der Waals surface area contributed by atoms with E-state index in [0.717, 1.165) is 12.0 Å². The molecular weight excluding hydrogens is 370 g/mol. The maximum Gasteiger partial charge on any atom is 0.253 e. The lowest BCUT2D eigenvalue weighted by Gasteiger charge is -2.33. The molecule has 1 amide bonds. The number of nitrogens with one attached hydrogen (secondary N) is 1. The van der Waals surface area contributed by atoms with E-state index in [4.69, 9.17) is 0 Å². The average Bonchev–Trinajstić information content (AvgIpc) is 2.66. The summed E-state index contributed by atoms with van der Waals surface area (Å²) in [7, 11) is 0. The Morgan fingerprint density at radius 3 is 2.62 bits per heavy atom. The van der Waals surface area contributed by atoms with Gasteiger partial charge < -0.3 is 5.32 Å². The third kappa shape index (κ3) is 5.37. The zero-order valence-corrected chi connectivity index (χ0v) is 17.0. The van der Waals surface area contributed by atoms with Crippen LogP contribution in [0, 0.1) is 17.6 Å². The summed E-state index contributed by atoms with van der Waals surface area (Å²) in [6, 6.07) is 12.9. The van der Waals surface area contributed by atoms with E-state index in [2.05, 4.69) is 24.1 Å². The third-order valence-electron chi connectivity index (χ3n) is 5.05. The summed E-state index contributed by atoms with van der Waals surface area (Å²) in [5.41, 5.74) is 1.08. The first-order valence-corrected chi connectivity index (χ1v) is 9.87. The molecule has 1 aromatic heterocycles. The lowest BCUT2D eigenvalue weighted by atomic mass is 9.85. The molecule has 29 heavy (non-hydrogen) atoms. The van der Waals surface area contributed by atoms with Crippen LogP contribution in [0.1, 0.15) is 49.5 Å². The molecule has 0 saturated heterocycles. The lowest BCUT2D eigenvalue weighted by Crippen LogP contribution is -2.47. The number of aryl methyl sites for hydroxylation is 1. The molecule has 0 saturated carbocycles. The Kier molecular flexibility index (Phi) is 6.26. The molecule has 0 aliphatic carbocycles. The number of halogens is 2. The van der Waals surface area contributed by atoms with Gasteiger partial charge in [0.15, 0.2) is 0 Å². The summed E-state index contributed by atoms with van der Waals surface area (Å²) in [4.78, 5) is 17.0. The molecule has 0 fully saturated rings. The van der Waals surface area contributed by atoms with Gasteiger partial charge in [-0.1, -0.05) is 38.1 Å². The number of hydrogen-bond acceptors (Lipinski definition) is 2. The van der Waals surface area contributed by atoms with Crippen LogP contribution >= 0.6 is 0 Å². The molecule has 3 nitrogen and oxygen atoms in total. The largest absolute Gasteiger partial charge is 0.347 e. The van der Waals surface area contributed by atoms with E-state index in [1.54, 1.807) is 24.3 Å². The summed E-state index contributed by atoms with van der Waals surface area (Å²) in [6.45, 7) is 6.22. The molecule has 0 aliphatic rings. The normalized spacial score (nSPS) is 13.4. The van der Waals surface area contributed by atoms with Crippen LogP contribution in [0.25, 0.3) is 10.9 Å². The van der Waals surface area contributed by atoms with E-state index in [1.807, 2.05) is 13.0 Å². The van der Waals surface area contributed by atoms with Crippen molar-refractivity contribution in [1.82, 2.24) is 10.3 Å². The van der Waals surface area contributed by atoms with Crippen molar-refractivity contribution < 1.29 is 13.6 Å². The van der Waals surface area contributed by atoms with E-state index in [0.29, 0.717) is 29.7 Å². The summed E-state index contributed by atoms with van der Waals surface area (Å²) >= 11 is 0. The Hall–Kier alpha value is -2.82. The number of carbonyl (C=O) groups excluding carboxylic acids is 1. The van der Waals surface area contributed by atoms with Crippen LogP contribution in [0.5, 0.6) is 0 Å². The Balaban J connectivity index is 1.78. The van der Waals surface area contributed by atoms with Gasteiger partial charge in [-0.2, -0.15) is 0 Å². The van der Waals surface area contributed by atoms with Crippen LogP contribution in [-0.2, 0) is 6.42 Å². The molecule has 0 unspecified atom stereocenters. The Labute approximate surface area is 170 Å². The maximum atomic E-state index is 13.8. The fraction of sp³-hybridized carbons (Fsp3) is 0.333. The predicted octanol–water partition coefficient (Wildman–Crippen LogP) is 5.68. The molecule has 1 N–H and O–H groups in total. The van der Waals surface area contributed by atoms with Crippen molar-refractivity contribution in [2.75, 3.05) is 0 Å². The molecule has 1 atom stereocenters. The van der Waals surface area contributed by atoms with Crippen LogP contribution in [0.15, 0.2) is 54.7 Å². The molecule has 0 aliphatic heterocycles. The van der Waals surface area contributed by atoms with Gasteiger partial charge in [-0.05, 0) is 61.9 Å². The number of fused-ring (bicyclic) bond motifs is 1. The van der Waals surface area contributed by atoms with Crippen molar-refractivity contribution in [3.8, 4) is 0 Å². The standard InChI is InChI=1S/C24H26F2N2O/c1-16(2)14-24(3,11-10-17-6-4-8-20(25)12-17)28-23(29)19-13-18-7-5-9-21(26)22(18)27-15-19/h4-9,12-13,15-16H,10-11,14H2,1-3H3,(H,28,29)/t24-/m1/s1. The van der Waals surface area contributed by atoms with Gasteiger partial charge in [-0.3, -0.25) is 9.78 Å². The smallest absolute Gasteiger partial charge is 0.253 e. The Morgan fingerprint density at radius 2 is 1.90 bits per heavy atom. The van der Waals surface area contributed by atoms with Crippen LogP contribution in [0.4, 0.5) is 8.78 Å². The minimum atomic E-state index is -0.464. The van der Waals surface area contributed by atoms with Crippen LogP contribution in [0.3, 0.4) is 0 Å². The van der Waals surface area contributed by atoms with Crippen molar-refractivity contribution in [1.29, 1.82) is 0 Å². The summed E-state index contributed by atoms with van der Waals surface area (Å²) in [5.74, 6) is -0.538. The van der Waals surface area contributed by atoms with E-state index in [9.17, 15) is 13.6 Å². The second-order valence-electron chi connectivity index (χ2n) is 8.28. The molecule has 0 bridgehead atoms. The van der Waals surface area contributed by atoms with Crippen LogP contribution in [0.2, 0.25) is 0 Å². The van der Waals surface area contributed by atoms with Crippen molar-refractivity contribution in [2.24, 2.45) is 5.92 Å². The quantitative estimate of drug-likeness (QED) is 0.558. The van der Waals surface area contributed by atoms with Crippen molar-refractivity contribution >= 4 is 16.8 Å². The minimum Gasteiger partial charge on any atom is -0.347 e. The molecule has 3 rings (SSSR count). The van der Waals surface area contributed by atoms with Gasteiger partial charge in [-0.15, -0.1) is 0 Å². The van der Waals surface area contributed by atoms with E-state index >= 15 is 0 Å². The third-order valence-corrected chi connectivity index (χ3v) is 5.05. The highest BCUT2D eigenvalue weighted by atomic mass is 19.1. The molecular formula is C24H26F2N2O. The topological polar surface area (TPSA) is 42.0 Å². The van der Waals surface area contributed by atoms with Gasteiger partial charge in [0.05, 0.1) is 5.56 Å². The van der Waals surface area contributed by atoms with Gasteiger partial charge in [0.25, 0.3) is 5.91 Å². The van der Waals surface area contributed by atoms with Crippen molar-refractivity contribution in [3.05, 3.63) is 77.5 Å². The fourth-order valence-electron chi connectivity index (χ4n) is 3.82. The number of benzene rings is 2. The summed E-state index contributed by atoms with van der Waals surface area (Å²) < 4.78 is 27.3. The highest BCUT2D eigenvalue weighted by molar-refractivity contribution is 5.97. The van der Waals surface area contributed by atoms with Gasteiger partial charge in [-0.25, -0.2) is 8.78 Å². The van der Waals surface area contributed by atoms with Gasteiger partial charge in [0.1, 0.15) is 17.2 Å². The second kappa shape index (κ2) is 8.68. The van der Waals surface area contributed by atoms with Crippen molar-refractivity contribution in [2.45, 2.75) is 45.6 Å². The minimum absolute atomic E-state index is 0.244. The number of nitrogens with zero attached hydrogens (tertiary/aromatic N) is 1. The predicted molar refractivity (Wildman–Crippen MR) is 112 cm³/mol. The highest BCUT2D eigenvalue weighted by Crippen LogP contribution is 2.24. The first kappa shape index (κ1) is 20.9. The molecule has 0 radical (unpaired) electrons. The first-order chi connectivity index (χ1) is 13.8. The number of para-hydroxylation sites is 1. The van der Waals surface area contributed by atoms with Crippen molar-refractivity contribution in [3.63, 3.8) is 0 Å². The Bertz CT molecular complexity index is 1020. The number of amides is 1. The van der Waals surface area contributed by atoms with Crippen LogP contribution in [-0.4, -0.2) is 16.4 Å². The molecule has 5 heteroatoms. The summed E-state index contributed by atoms with van der Waals surface area (Å²) in [5, 5.41) is 3.72. The fourth-order valence-corrected chi connectivity index (χ4v) is 3.82. The Morgan fingerprint density at radius 1 is 1.14 bits per heavy atom. The average molecular weight is 396 g/mol. The van der Waals surface area contributed by atoms with E-state index in [1.165, 1.54) is 24.4 Å². The molecule has 1 heterocycles. The summed E-state index contributed by atoms with van der Waals surface area (Å²) in [6.07, 6.45) is 3.52. The number of carbonyl (C=O) groups is 1. The number of aromatic nitrogens is 1. The van der Waals surface area contributed by atoms with E-state index < -0.39 is 11.4 Å². The number of rotatable bonds is 7. The first-order valence-electron chi connectivity index (χ1n) is 9.87. The molecule has 2 aromatic carbocycles. The maximum absolute atomic E-state index is 13.8. The highest BCUT2D eigenvalue weighted by Gasteiger charge is 2.28. The molecule has 0 spiro atoms. The number of pyridine rings is 1. The van der Waals surface area contributed by atoms with Gasteiger partial charge in [0.2, 0.25) is 0 Å². The number of hydrogen-bond donors (Lipinski definition) is 1. The molecule has 152 valence electrons. The lowest BCUT2D eigenvalue weighted by molar-refractivity contribution is 0.0888.